The summed E-state index contributed by atoms with van der Waals surface area (Å²) >= 11 is 3.29. The van der Waals surface area contributed by atoms with E-state index in [0.717, 1.165) is 12.8 Å². The van der Waals surface area contributed by atoms with E-state index in [-0.39, 0.29) is 11.0 Å². The summed E-state index contributed by atoms with van der Waals surface area (Å²) < 4.78 is 33.2. The summed E-state index contributed by atoms with van der Waals surface area (Å²) in [6, 6.07) is 1.59. The van der Waals surface area contributed by atoms with Crippen LogP contribution in [0.2, 0.25) is 0 Å². The maximum absolute atomic E-state index is 12.9. The predicted molar refractivity (Wildman–Crippen MR) is 84.9 cm³/mol. The molecule has 1 aliphatic rings. The first-order valence-electron chi connectivity index (χ1n) is 6.91. The Morgan fingerprint density at radius 2 is 2.33 bits per heavy atom. The molecule has 1 aromatic heterocycles. The minimum atomic E-state index is -3.58. The topological polar surface area (TPSA) is 71.5 Å². The molecular weight excluding hydrogens is 358 g/mol. The van der Waals surface area contributed by atoms with Crippen molar-refractivity contribution in [3.63, 3.8) is 0 Å². The molecule has 8 heteroatoms. The number of piperidine rings is 1. The van der Waals surface area contributed by atoms with Crippen molar-refractivity contribution in [2.75, 3.05) is 32.1 Å². The Hall–Kier alpha value is -0.700. The normalized spacial score (nSPS) is 20.4. The van der Waals surface area contributed by atoms with E-state index in [2.05, 4.69) is 26.2 Å². The molecule has 0 spiro atoms. The third kappa shape index (κ3) is 3.74. The smallest absolute Gasteiger partial charge is 0.246 e. The lowest BCUT2D eigenvalue weighted by Crippen LogP contribution is -2.43. The summed E-state index contributed by atoms with van der Waals surface area (Å²) in [5, 5.41) is 3.00. The summed E-state index contributed by atoms with van der Waals surface area (Å²) in [5.41, 5.74) is 0. The molecule has 0 radical (unpaired) electrons. The van der Waals surface area contributed by atoms with Crippen LogP contribution in [-0.4, -0.2) is 50.6 Å². The molecule has 2 rings (SSSR count). The number of rotatable bonds is 5. The van der Waals surface area contributed by atoms with Crippen LogP contribution in [0.4, 0.5) is 5.82 Å². The second kappa shape index (κ2) is 7.04. The number of anilines is 1. The SMILES string of the molecule is CCNc1ncc(Br)cc1S(=O)(=O)N1CCCC(OC)C1. The van der Waals surface area contributed by atoms with Crippen LogP contribution in [0.15, 0.2) is 21.6 Å². The zero-order valence-electron chi connectivity index (χ0n) is 12.2. The molecule has 1 saturated heterocycles. The van der Waals surface area contributed by atoms with E-state index in [4.69, 9.17) is 4.74 Å². The van der Waals surface area contributed by atoms with Crippen LogP contribution in [0.25, 0.3) is 0 Å². The van der Waals surface area contributed by atoms with Crippen molar-refractivity contribution in [1.29, 1.82) is 0 Å². The van der Waals surface area contributed by atoms with Crippen molar-refractivity contribution in [3.8, 4) is 0 Å². The first-order chi connectivity index (χ1) is 9.98. The quantitative estimate of drug-likeness (QED) is 0.850. The standard InChI is InChI=1S/C13H20BrN3O3S/c1-3-15-13-12(7-10(14)8-16-13)21(18,19)17-6-4-5-11(9-17)20-2/h7-8,11H,3-6,9H2,1-2H3,(H,15,16). The van der Waals surface area contributed by atoms with Gasteiger partial charge >= 0.3 is 0 Å². The van der Waals surface area contributed by atoms with E-state index in [1.165, 1.54) is 4.31 Å². The van der Waals surface area contributed by atoms with Crippen LogP contribution >= 0.6 is 15.9 Å². The van der Waals surface area contributed by atoms with Gasteiger partial charge in [-0.2, -0.15) is 4.31 Å². The minimum absolute atomic E-state index is 0.0452. The van der Waals surface area contributed by atoms with Crippen molar-refractivity contribution in [2.45, 2.75) is 30.8 Å². The van der Waals surface area contributed by atoms with Crippen LogP contribution in [0.3, 0.4) is 0 Å². The Bertz CT molecular complexity index is 594. The van der Waals surface area contributed by atoms with Gasteiger partial charge in [-0.1, -0.05) is 0 Å². The van der Waals surface area contributed by atoms with Crippen LogP contribution < -0.4 is 5.32 Å². The van der Waals surface area contributed by atoms with Gasteiger partial charge in [0.1, 0.15) is 10.7 Å². The number of methoxy groups -OCH3 is 1. The van der Waals surface area contributed by atoms with Crippen molar-refractivity contribution in [2.24, 2.45) is 0 Å². The summed E-state index contributed by atoms with van der Waals surface area (Å²) in [6.45, 7) is 3.41. The number of sulfonamides is 1. The van der Waals surface area contributed by atoms with E-state index < -0.39 is 10.0 Å². The van der Waals surface area contributed by atoms with Gasteiger partial charge in [-0.05, 0) is 41.8 Å². The molecule has 118 valence electrons. The third-order valence-corrected chi connectivity index (χ3v) is 5.77. The van der Waals surface area contributed by atoms with E-state index in [1.807, 2.05) is 6.92 Å². The first kappa shape index (κ1) is 16.7. The molecule has 1 N–H and O–H groups in total. The highest BCUT2D eigenvalue weighted by molar-refractivity contribution is 9.10. The van der Waals surface area contributed by atoms with Gasteiger partial charge < -0.3 is 10.1 Å². The summed E-state index contributed by atoms with van der Waals surface area (Å²) in [4.78, 5) is 4.38. The van der Waals surface area contributed by atoms with Crippen LogP contribution in [-0.2, 0) is 14.8 Å². The van der Waals surface area contributed by atoms with Gasteiger partial charge in [0.05, 0.1) is 6.10 Å². The maximum atomic E-state index is 12.9. The fourth-order valence-corrected chi connectivity index (χ4v) is 4.51. The molecule has 1 unspecified atom stereocenters. The Kier molecular flexibility index (Phi) is 5.59. The fourth-order valence-electron chi connectivity index (χ4n) is 2.37. The van der Waals surface area contributed by atoms with Gasteiger partial charge in [-0.25, -0.2) is 13.4 Å². The summed E-state index contributed by atoms with van der Waals surface area (Å²) in [6.07, 6.45) is 3.23. The molecule has 1 atom stereocenters. The lowest BCUT2D eigenvalue weighted by atomic mass is 10.1. The number of aromatic nitrogens is 1. The molecule has 1 aliphatic heterocycles. The first-order valence-corrected chi connectivity index (χ1v) is 9.14. The molecule has 21 heavy (non-hydrogen) atoms. The van der Waals surface area contributed by atoms with Gasteiger partial charge in [0.25, 0.3) is 0 Å². The monoisotopic (exact) mass is 377 g/mol. The predicted octanol–water partition coefficient (Wildman–Crippen LogP) is 2.08. The maximum Gasteiger partial charge on any atom is 0.246 e. The van der Waals surface area contributed by atoms with Gasteiger partial charge in [0, 0.05) is 37.4 Å². The molecule has 1 aromatic rings. The molecule has 0 amide bonds. The fraction of sp³-hybridized carbons (Fsp3) is 0.615. The van der Waals surface area contributed by atoms with Crippen molar-refractivity contribution in [3.05, 3.63) is 16.7 Å². The number of halogens is 1. The average molecular weight is 378 g/mol. The molecule has 0 saturated carbocycles. The second-order valence-corrected chi connectivity index (χ2v) is 7.72. The van der Waals surface area contributed by atoms with E-state index in [0.29, 0.717) is 29.9 Å². The average Bonchev–Trinajstić information content (AvgIpc) is 2.49. The zero-order chi connectivity index (χ0) is 15.5. The number of hydrogen-bond acceptors (Lipinski definition) is 5. The Balaban J connectivity index is 2.36. The zero-order valence-corrected chi connectivity index (χ0v) is 14.6. The van der Waals surface area contributed by atoms with Crippen LogP contribution in [0.5, 0.6) is 0 Å². The number of ether oxygens (including phenoxy) is 1. The van der Waals surface area contributed by atoms with Crippen LogP contribution in [0, 0.1) is 0 Å². The van der Waals surface area contributed by atoms with Crippen molar-refractivity contribution >= 4 is 31.8 Å². The molecular formula is C13H20BrN3O3S. The van der Waals surface area contributed by atoms with Crippen molar-refractivity contribution < 1.29 is 13.2 Å². The minimum Gasteiger partial charge on any atom is -0.380 e. The van der Waals surface area contributed by atoms with E-state index >= 15 is 0 Å². The van der Waals surface area contributed by atoms with Crippen molar-refractivity contribution in [1.82, 2.24) is 9.29 Å². The van der Waals surface area contributed by atoms with Gasteiger partial charge in [-0.3, -0.25) is 0 Å². The highest BCUT2D eigenvalue weighted by Crippen LogP contribution is 2.28. The van der Waals surface area contributed by atoms with Crippen LogP contribution in [0.1, 0.15) is 19.8 Å². The van der Waals surface area contributed by atoms with Gasteiger partial charge in [-0.15, -0.1) is 0 Å². The Labute approximate surface area is 134 Å². The Morgan fingerprint density at radius 3 is 3.00 bits per heavy atom. The molecule has 0 aliphatic carbocycles. The van der Waals surface area contributed by atoms with Gasteiger partial charge in [0.2, 0.25) is 10.0 Å². The van der Waals surface area contributed by atoms with Gasteiger partial charge in [0.15, 0.2) is 0 Å². The number of nitrogens with one attached hydrogen (secondary N) is 1. The number of hydrogen-bond donors (Lipinski definition) is 1. The van der Waals surface area contributed by atoms with E-state index in [9.17, 15) is 8.42 Å². The molecule has 0 aromatic carbocycles. The van der Waals surface area contributed by atoms with E-state index in [1.54, 1.807) is 19.4 Å². The third-order valence-electron chi connectivity index (χ3n) is 3.46. The second-order valence-electron chi connectivity index (χ2n) is 4.89. The molecule has 6 nitrogen and oxygen atoms in total. The summed E-state index contributed by atoms with van der Waals surface area (Å²) in [5.74, 6) is 0.389. The number of nitrogens with zero attached hydrogens (tertiary/aromatic N) is 2. The number of pyridine rings is 1. The Morgan fingerprint density at radius 1 is 1.57 bits per heavy atom. The largest absolute Gasteiger partial charge is 0.380 e. The highest BCUT2D eigenvalue weighted by atomic mass is 79.9. The molecule has 2 heterocycles. The highest BCUT2D eigenvalue weighted by Gasteiger charge is 2.32. The molecule has 1 fully saturated rings. The molecule has 0 bridgehead atoms. The summed E-state index contributed by atoms with van der Waals surface area (Å²) in [7, 11) is -1.97. The lowest BCUT2D eigenvalue weighted by Gasteiger charge is -2.31. The lowest BCUT2D eigenvalue weighted by molar-refractivity contribution is 0.0572.